The molecule has 1 atom stereocenters. The molecule has 0 saturated carbocycles. The summed E-state index contributed by atoms with van der Waals surface area (Å²) in [5.74, 6) is 0.220. The number of hydrogen-bond acceptors (Lipinski definition) is 2. The maximum atomic E-state index is 11.4. The van der Waals surface area contributed by atoms with E-state index in [1.165, 1.54) is 0 Å². The van der Waals surface area contributed by atoms with E-state index in [0.717, 1.165) is 30.6 Å². The summed E-state index contributed by atoms with van der Waals surface area (Å²) in [6.07, 6.45) is 1.00. The molecule has 1 heterocycles. The zero-order valence-corrected chi connectivity index (χ0v) is 10.9. The maximum Gasteiger partial charge on any atom is 0.119 e. The fourth-order valence-corrected chi connectivity index (χ4v) is 3.03. The van der Waals surface area contributed by atoms with Crippen molar-refractivity contribution in [3.63, 3.8) is 0 Å². The van der Waals surface area contributed by atoms with Crippen molar-refractivity contribution in [1.29, 1.82) is 0 Å². The maximum absolute atomic E-state index is 11.4. The van der Waals surface area contributed by atoms with Crippen molar-refractivity contribution < 1.29 is 5.11 Å². The third kappa shape index (κ3) is 2.18. The van der Waals surface area contributed by atoms with Crippen molar-refractivity contribution in [2.75, 3.05) is 13.1 Å². The number of aliphatic hydroxyl groups is 1. The van der Waals surface area contributed by atoms with Gasteiger partial charge in [0.15, 0.2) is 0 Å². The molecule has 2 aromatic rings. The Morgan fingerprint density at radius 1 is 0.895 bits per heavy atom. The Bertz CT molecular complexity index is 478. The molecule has 0 spiro atoms. The summed E-state index contributed by atoms with van der Waals surface area (Å²) >= 11 is 0. The second-order valence-corrected chi connectivity index (χ2v) is 5.19. The molecule has 1 aliphatic rings. The number of benzene rings is 2. The van der Waals surface area contributed by atoms with Gasteiger partial charge in [0.1, 0.15) is 5.60 Å². The topological polar surface area (TPSA) is 32.3 Å². The van der Waals surface area contributed by atoms with E-state index in [2.05, 4.69) is 5.32 Å². The molecule has 2 heteroatoms. The van der Waals surface area contributed by atoms with Crippen LogP contribution in [0, 0.1) is 5.92 Å². The van der Waals surface area contributed by atoms with Gasteiger partial charge in [-0.05, 0) is 24.1 Å². The van der Waals surface area contributed by atoms with Crippen LogP contribution in [-0.2, 0) is 5.60 Å². The highest BCUT2D eigenvalue weighted by atomic mass is 16.3. The monoisotopic (exact) mass is 253 g/mol. The zero-order chi connectivity index (χ0) is 13.1. The van der Waals surface area contributed by atoms with Crippen LogP contribution in [0.3, 0.4) is 0 Å². The van der Waals surface area contributed by atoms with E-state index >= 15 is 0 Å². The minimum Gasteiger partial charge on any atom is -0.380 e. The summed E-state index contributed by atoms with van der Waals surface area (Å²) in [5.41, 5.74) is 1.07. The molecule has 0 aliphatic carbocycles. The standard InChI is InChI=1S/C17H19NO/c19-17(16-11-12-18-13-16,14-7-3-1-4-8-14)15-9-5-2-6-10-15/h1-10,16,18-19H,11-13H2/t16-/m1/s1. The molecule has 2 nitrogen and oxygen atoms in total. The Balaban J connectivity index is 2.10. The number of rotatable bonds is 3. The molecule has 2 aromatic carbocycles. The van der Waals surface area contributed by atoms with Crippen LogP contribution >= 0.6 is 0 Å². The van der Waals surface area contributed by atoms with Crippen LogP contribution in [0.5, 0.6) is 0 Å². The first-order valence-electron chi connectivity index (χ1n) is 6.86. The Kier molecular flexibility index (Phi) is 3.36. The molecule has 0 radical (unpaired) electrons. The van der Waals surface area contributed by atoms with E-state index < -0.39 is 5.60 Å². The first-order chi connectivity index (χ1) is 9.32. The fourth-order valence-electron chi connectivity index (χ4n) is 3.03. The number of hydrogen-bond donors (Lipinski definition) is 2. The Morgan fingerprint density at radius 3 is 1.84 bits per heavy atom. The SMILES string of the molecule is OC(c1ccccc1)(c1ccccc1)[C@@H]1CCNC1. The molecule has 98 valence electrons. The van der Waals surface area contributed by atoms with E-state index in [-0.39, 0.29) is 5.92 Å². The van der Waals surface area contributed by atoms with Gasteiger partial charge in [0, 0.05) is 12.5 Å². The predicted molar refractivity (Wildman–Crippen MR) is 76.9 cm³/mol. The molecule has 0 bridgehead atoms. The summed E-state index contributed by atoms with van der Waals surface area (Å²) in [4.78, 5) is 0. The molecule has 1 aliphatic heterocycles. The highest BCUT2D eigenvalue weighted by Gasteiger charge is 2.41. The van der Waals surface area contributed by atoms with Gasteiger partial charge in [-0.3, -0.25) is 0 Å². The molecule has 1 fully saturated rings. The van der Waals surface area contributed by atoms with Crippen LogP contribution in [0.25, 0.3) is 0 Å². The molecule has 2 N–H and O–H groups in total. The lowest BCUT2D eigenvalue weighted by Crippen LogP contribution is -2.37. The average Bonchev–Trinajstić information content (AvgIpc) is 3.03. The molecule has 19 heavy (non-hydrogen) atoms. The quantitative estimate of drug-likeness (QED) is 0.881. The van der Waals surface area contributed by atoms with Crippen LogP contribution in [-0.4, -0.2) is 18.2 Å². The fraction of sp³-hybridized carbons (Fsp3) is 0.294. The molecule has 1 saturated heterocycles. The van der Waals surface area contributed by atoms with Crippen molar-refractivity contribution in [2.24, 2.45) is 5.92 Å². The van der Waals surface area contributed by atoms with E-state index in [4.69, 9.17) is 0 Å². The smallest absolute Gasteiger partial charge is 0.119 e. The lowest BCUT2D eigenvalue weighted by molar-refractivity contribution is 0.0245. The first kappa shape index (κ1) is 12.4. The van der Waals surface area contributed by atoms with E-state index in [9.17, 15) is 5.11 Å². The van der Waals surface area contributed by atoms with Gasteiger partial charge in [-0.25, -0.2) is 0 Å². The van der Waals surface area contributed by atoms with Crippen molar-refractivity contribution in [2.45, 2.75) is 12.0 Å². The van der Waals surface area contributed by atoms with Crippen LogP contribution < -0.4 is 5.32 Å². The minimum atomic E-state index is -0.897. The summed E-state index contributed by atoms with van der Waals surface area (Å²) in [6.45, 7) is 1.84. The third-order valence-corrected chi connectivity index (χ3v) is 4.08. The van der Waals surface area contributed by atoms with E-state index in [0.29, 0.717) is 0 Å². The Labute approximate surface area is 114 Å². The highest BCUT2D eigenvalue weighted by molar-refractivity contribution is 5.37. The Morgan fingerprint density at radius 2 is 1.42 bits per heavy atom. The van der Waals surface area contributed by atoms with Gasteiger partial charge < -0.3 is 10.4 Å². The minimum absolute atomic E-state index is 0.220. The van der Waals surface area contributed by atoms with Crippen LogP contribution in [0.4, 0.5) is 0 Å². The molecule has 0 amide bonds. The Hall–Kier alpha value is -1.64. The van der Waals surface area contributed by atoms with Gasteiger partial charge >= 0.3 is 0 Å². The third-order valence-electron chi connectivity index (χ3n) is 4.08. The largest absolute Gasteiger partial charge is 0.380 e. The summed E-state index contributed by atoms with van der Waals surface area (Å²) in [6, 6.07) is 20.0. The average molecular weight is 253 g/mol. The van der Waals surface area contributed by atoms with Gasteiger partial charge in [0.2, 0.25) is 0 Å². The predicted octanol–water partition coefficient (Wildman–Crippen LogP) is 2.53. The van der Waals surface area contributed by atoms with Crippen molar-refractivity contribution >= 4 is 0 Å². The van der Waals surface area contributed by atoms with Crippen molar-refractivity contribution in [3.05, 3.63) is 71.8 Å². The molecule has 0 unspecified atom stereocenters. The highest BCUT2D eigenvalue weighted by Crippen LogP contribution is 2.39. The summed E-state index contributed by atoms with van der Waals surface area (Å²) in [5, 5.41) is 14.8. The van der Waals surface area contributed by atoms with Gasteiger partial charge in [-0.1, -0.05) is 60.7 Å². The molecular formula is C17H19NO. The number of nitrogens with one attached hydrogen (secondary N) is 1. The van der Waals surface area contributed by atoms with Gasteiger partial charge in [0.05, 0.1) is 0 Å². The van der Waals surface area contributed by atoms with E-state index in [1.807, 2.05) is 60.7 Å². The lowest BCUT2D eigenvalue weighted by Gasteiger charge is -2.35. The molecular weight excluding hydrogens is 234 g/mol. The van der Waals surface area contributed by atoms with Crippen molar-refractivity contribution in [3.8, 4) is 0 Å². The molecule has 3 rings (SSSR count). The normalized spacial score (nSPS) is 19.5. The van der Waals surface area contributed by atoms with E-state index in [1.54, 1.807) is 0 Å². The van der Waals surface area contributed by atoms with Gasteiger partial charge in [-0.15, -0.1) is 0 Å². The van der Waals surface area contributed by atoms with Crippen molar-refractivity contribution in [1.82, 2.24) is 5.32 Å². The van der Waals surface area contributed by atoms with Crippen LogP contribution in [0.1, 0.15) is 17.5 Å². The second-order valence-electron chi connectivity index (χ2n) is 5.19. The first-order valence-corrected chi connectivity index (χ1v) is 6.86. The van der Waals surface area contributed by atoms with Crippen LogP contribution in [0.15, 0.2) is 60.7 Å². The zero-order valence-electron chi connectivity index (χ0n) is 10.9. The van der Waals surface area contributed by atoms with Gasteiger partial charge in [-0.2, -0.15) is 0 Å². The lowest BCUT2D eigenvalue weighted by atomic mass is 9.75. The van der Waals surface area contributed by atoms with Gasteiger partial charge in [0.25, 0.3) is 0 Å². The summed E-state index contributed by atoms with van der Waals surface area (Å²) < 4.78 is 0. The second kappa shape index (κ2) is 5.16. The molecule has 0 aromatic heterocycles. The summed E-state index contributed by atoms with van der Waals surface area (Å²) in [7, 11) is 0. The van der Waals surface area contributed by atoms with Crippen LogP contribution in [0.2, 0.25) is 0 Å².